The zero-order chi connectivity index (χ0) is 21.7. The van der Waals surface area contributed by atoms with E-state index in [1.165, 1.54) is 6.07 Å². The Morgan fingerprint density at radius 3 is 2.84 bits per heavy atom. The molecule has 0 spiro atoms. The third-order valence-electron chi connectivity index (χ3n) is 6.47. The smallest absolute Gasteiger partial charge is 0.315 e. The highest BCUT2D eigenvalue weighted by molar-refractivity contribution is 5.84. The Morgan fingerprint density at radius 1 is 1.23 bits per heavy atom. The molecule has 0 radical (unpaired) electrons. The lowest BCUT2D eigenvalue weighted by atomic mass is 9.83. The Labute approximate surface area is 178 Å². The number of nitrogens with zero attached hydrogens (tertiary/aromatic N) is 3. The average molecular weight is 424 g/mol. The first kappa shape index (κ1) is 19.8. The van der Waals surface area contributed by atoms with Crippen molar-refractivity contribution in [3.63, 3.8) is 0 Å². The molecule has 1 saturated heterocycles. The third kappa shape index (κ3) is 3.40. The van der Waals surface area contributed by atoms with Gasteiger partial charge in [0.1, 0.15) is 12.3 Å². The molecule has 2 N–H and O–H groups in total. The largest absolute Gasteiger partial charge is 0.595 e. The normalized spacial score (nSPS) is 21.1. The molecule has 31 heavy (non-hydrogen) atoms. The number of quaternary nitrogens is 1. The molecule has 2 aliphatic heterocycles. The van der Waals surface area contributed by atoms with Crippen molar-refractivity contribution < 1.29 is 20.0 Å². The SMILES string of the molecule is COc1ccc2c(ccn2CC(=O)N2CC3CC(C2)c2ccc([NH+]([O-])O)c(=O)n2C3)c1. The van der Waals surface area contributed by atoms with E-state index < -0.39 is 10.8 Å². The Bertz CT molecular complexity index is 1210. The summed E-state index contributed by atoms with van der Waals surface area (Å²) in [5.41, 5.74) is 1.15. The number of ether oxygens (including phenoxy) is 1. The fourth-order valence-electron chi connectivity index (χ4n) is 5.00. The molecule has 3 atom stereocenters. The number of hydrogen-bond donors (Lipinski definition) is 2. The zero-order valence-corrected chi connectivity index (χ0v) is 17.2. The topological polar surface area (TPSA) is 104 Å². The van der Waals surface area contributed by atoms with E-state index in [0.717, 1.165) is 28.8 Å². The van der Waals surface area contributed by atoms with Crippen LogP contribution in [0.3, 0.4) is 0 Å². The van der Waals surface area contributed by atoms with Crippen molar-refractivity contribution >= 4 is 22.5 Å². The van der Waals surface area contributed by atoms with E-state index in [4.69, 9.17) is 4.74 Å². The number of rotatable bonds is 4. The van der Waals surface area contributed by atoms with E-state index in [1.54, 1.807) is 17.7 Å². The van der Waals surface area contributed by atoms with Crippen molar-refractivity contribution in [2.24, 2.45) is 5.92 Å². The van der Waals surface area contributed by atoms with E-state index in [2.05, 4.69) is 0 Å². The van der Waals surface area contributed by atoms with E-state index in [1.807, 2.05) is 39.9 Å². The molecule has 9 heteroatoms. The van der Waals surface area contributed by atoms with Crippen LogP contribution in [0.2, 0.25) is 0 Å². The molecule has 0 aliphatic carbocycles. The van der Waals surface area contributed by atoms with Gasteiger partial charge in [-0.3, -0.25) is 9.59 Å². The van der Waals surface area contributed by atoms with Gasteiger partial charge in [0.2, 0.25) is 11.6 Å². The number of aromatic nitrogens is 2. The summed E-state index contributed by atoms with van der Waals surface area (Å²) in [5, 5.41) is 20.4. The van der Waals surface area contributed by atoms with Crippen molar-refractivity contribution in [3.8, 4) is 5.75 Å². The number of piperidine rings is 1. The van der Waals surface area contributed by atoms with E-state index in [-0.39, 0.29) is 30.0 Å². The molecule has 162 valence electrons. The van der Waals surface area contributed by atoms with Crippen LogP contribution < -0.4 is 15.5 Å². The highest BCUT2D eigenvalue weighted by Gasteiger charge is 2.37. The maximum Gasteiger partial charge on any atom is 0.315 e. The molecule has 9 nitrogen and oxygen atoms in total. The second-order valence-electron chi connectivity index (χ2n) is 8.36. The molecular weight excluding hydrogens is 400 g/mol. The van der Waals surface area contributed by atoms with Gasteiger partial charge >= 0.3 is 5.56 Å². The third-order valence-corrected chi connectivity index (χ3v) is 6.47. The van der Waals surface area contributed by atoms with Gasteiger partial charge in [0.25, 0.3) is 0 Å². The summed E-state index contributed by atoms with van der Waals surface area (Å²) in [6.07, 6.45) is 2.82. The van der Waals surface area contributed by atoms with Crippen LogP contribution in [0.5, 0.6) is 5.75 Å². The van der Waals surface area contributed by atoms with Crippen molar-refractivity contribution in [1.29, 1.82) is 0 Å². The van der Waals surface area contributed by atoms with Crippen LogP contribution in [-0.2, 0) is 17.9 Å². The number of methoxy groups -OCH3 is 1. The minimum atomic E-state index is -1.20. The molecule has 5 rings (SSSR count). The Morgan fingerprint density at radius 2 is 2.06 bits per heavy atom. The van der Waals surface area contributed by atoms with Crippen molar-refractivity contribution in [1.82, 2.24) is 14.0 Å². The summed E-state index contributed by atoms with van der Waals surface area (Å²) >= 11 is 0. The van der Waals surface area contributed by atoms with Gasteiger partial charge in [-0.05, 0) is 42.7 Å². The van der Waals surface area contributed by atoms with Crippen molar-refractivity contribution in [2.45, 2.75) is 25.4 Å². The van der Waals surface area contributed by atoms with Gasteiger partial charge in [-0.15, -0.1) is 0 Å². The van der Waals surface area contributed by atoms with Crippen LogP contribution in [-0.4, -0.2) is 45.3 Å². The quantitative estimate of drug-likeness (QED) is 0.605. The van der Waals surface area contributed by atoms with E-state index >= 15 is 0 Å². The average Bonchev–Trinajstić information content (AvgIpc) is 3.15. The monoisotopic (exact) mass is 424 g/mol. The number of amides is 1. The van der Waals surface area contributed by atoms with Crippen LogP contribution in [0, 0.1) is 11.1 Å². The number of fused-ring (bicyclic) bond motifs is 5. The van der Waals surface area contributed by atoms with Gasteiger partial charge in [0.05, 0.1) is 7.11 Å². The minimum absolute atomic E-state index is 0.0395. The van der Waals surface area contributed by atoms with Gasteiger partial charge < -0.3 is 24.0 Å². The first-order chi connectivity index (χ1) is 14.9. The molecule has 1 aromatic carbocycles. The summed E-state index contributed by atoms with van der Waals surface area (Å²) in [7, 11) is 1.63. The first-order valence-electron chi connectivity index (χ1n) is 10.3. The van der Waals surface area contributed by atoms with Crippen molar-refractivity contribution in [2.75, 3.05) is 20.2 Å². The molecule has 2 bridgehead atoms. The number of likely N-dealkylation sites (tertiary alicyclic amines) is 1. The first-order valence-corrected chi connectivity index (χ1v) is 10.3. The van der Waals surface area contributed by atoms with Crippen LogP contribution in [0.1, 0.15) is 18.0 Å². The summed E-state index contributed by atoms with van der Waals surface area (Å²) in [5.74, 6) is 1.00. The number of benzene rings is 1. The minimum Gasteiger partial charge on any atom is -0.595 e. The summed E-state index contributed by atoms with van der Waals surface area (Å²) in [4.78, 5) is 27.6. The number of nitrogens with one attached hydrogen (secondary N) is 1. The number of hydrogen-bond acceptors (Lipinski definition) is 5. The fourth-order valence-corrected chi connectivity index (χ4v) is 5.00. The molecule has 1 amide bonds. The van der Waals surface area contributed by atoms with Crippen LogP contribution in [0.15, 0.2) is 47.4 Å². The Hall–Kier alpha value is -3.14. The Kier molecular flexibility index (Phi) is 4.81. The van der Waals surface area contributed by atoms with Crippen LogP contribution >= 0.6 is 0 Å². The van der Waals surface area contributed by atoms with Gasteiger partial charge in [-0.2, -0.15) is 5.23 Å². The highest BCUT2D eigenvalue weighted by Crippen LogP contribution is 2.35. The molecular formula is C22H24N4O5. The zero-order valence-electron chi connectivity index (χ0n) is 17.2. The van der Waals surface area contributed by atoms with Crippen LogP contribution in [0.4, 0.5) is 5.69 Å². The highest BCUT2D eigenvalue weighted by atomic mass is 16.8. The predicted molar refractivity (Wildman–Crippen MR) is 112 cm³/mol. The van der Waals surface area contributed by atoms with E-state index in [9.17, 15) is 20.0 Å². The molecule has 3 unspecified atom stereocenters. The molecule has 2 aromatic heterocycles. The predicted octanol–water partition coefficient (Wildman–Crippen LogP) is 0.861. The molecule has 3 aromatic rings. The fraction of sp³-hybridized carbons (Fsp3) is 0.364. The lowest BCUT2D eigenvalue weighted by Crippen LogP contribution is -3.00. The Balaban J connectivity index is 1.36. The number of carbonyl (C=O) groups is 1. The second-order valence-corrected chi connectivity index (χ2v) is 8.36. The van der Waals surface area contributed by atoms with Crippen LogP contribution in [0.25, 0.3) is 10.9 Å². The van der Waals surface area contributed by atoms with Gasteiger partial charge in [0, 0.05) is 54.4 Å². The number of carbonyl (C=O) groups excluding carboxylic acids is 1. The molecule has 0 saturated carbocycles. The number of pyridine rings is 1. The standard InChI is InChI=1S/C22H24N4O5/c1-31-17-2-3-18-15(9-17)6-7-23(18)13-21(27)24-10-14-8-16(12-24)19-4-5-20(26(29)30)22(28)25(19)11-14/h2-7,9,14,16,26,29H,8,10-13H2,1H3. The van der Waals surface area contributed by atoms with Crippen molar-refractivity contribution in [3.05, 3.63) is 63.9 Å². The molecule has 2 aliphatic rings. The summed E-state index contributed by atoms with van der Waals surface area (Å²) in [6, 6.07) is 10.9. The summed E-state index contributed by atoms with van der Waals surface area (Å²) in [6.45, 7) is 1.81. The molecule has 1 fully saturated rings. The lowest BCUT2D eigenvalue weighted by Gasteiger charge is -2.43. The van der Waals surface area contributed by atoms with Gasteiger partial charge in [0.15, 0.2) is 0 Å². The maximum absolute atomic E-state index is 13.1. The second kappa shape index (κ2) is 7.52. The molecule has 4 heterocycles. The summed E-state index contributed by atoms with van der Waals surface area (Å²) < 4.78 is 8.80. The van der Waals surface area contributed by atoms with Gasteiger partial charge in [-0.25, -0.2) is 5.21 Å². The van der Waals surface area contributed by atoms with E-state index in [0.29, 0.717) is 19.6 Å². The maximum atomic E-state index is 13.1. The van der Waals surface area contributed by atoms with Gasteiger partial charge in [-0.1, -0.05) is 0 Å². The lowest BCUT2D eigenvalue weighted by molar-refractivity contribution is -0.992.